The molecule has 0 spiro atoms. The van der Waals surface area contributed by atoms with E-state index >= 15 is 0 Å². The molecule has 8 heteroatoms. The summed E-state index contributed by atoms with van der Waals surface area (Å²) in [5.41, 5.74) is 5.14. The molecule has 102 valence electrons. The number of sulfonamides is 1. The van der Waals surface area contributed by atoms with Crippen LogP contribution in [0.2, 0.25) is 0 Å². The number of nitrogens with one attached hydrogen (secondary N) is 1. The zero-order chi connectivity index (χ0) is 13.6. The van der Waals surface area contributed by atoms with Gasteiger partial charge >= 0.3 is 0 Å². The van der Waals surface area contributed by atoms with Gasteiger partial charge in [0.25, 0.3) is 0 Å². The Morgan fingerprint density at radius 3 is 2.72 bits per heavy atom. The molecule has 18 heavy (non-hydrogen) atoms. The Morgan fingerprint density at radius 2 is 2.11 bits per heavy atom. The van der Waals surface area contributed by atoms with E-state index in [1.807, 2.05) is 0 Å². The SMILES string of the molecule is Nc1ccc(S(=O)(=O)NCCOCCO)cc1F. The van der Waals surface area contributed by atoms with Crippen molar-refractivity contribution in [3.63, 3.8) is 0 Å². The Balaban J connectivity index is 2.60. The first kappa shape index (κ1) is 14.8. The van der Waals surface area contributed by atoms with Crippen molar-refractivity contribution >= 4 is 15.7 Å². The molecule has 0 aliphatic rings. The summed E-state index contributed by atoms with van der Waals surface area (Å²) in [6.07, 6.45) is 0. The highest BCUT2D eigenvalue weighted by atomic mass is 32.2. The van der Waals surface area contributed by atoms with Crippen molar-refractivity contribution < 1.29 is 22.7 Å². The summed E-state index contributed by atoms with van der Waals surface area (Å²) in [6, 6.07) is 3.26. The van der Waals surface area contributed by atoms with Gasteiger partial charge in [-0.15, -0.1) is 0 Å². The molecule has 6 nitrogen and oxygen atoms in total. The molecular formula is C10H15FN2O4S. The summed E-state index contributed by atoms with van der Waals surface area (Å²) in [4.78, 5) is -0.198. The van der Waals surface area contributed by atoms with E-state index < -0.39 is 15.8 Å². The van der Waals surface area contributed by atoms with E-state index in [0.29, 0.717) is 0 Å². The molecule has 0 heterocycles. The maximum atomic E-state index is 13.1. The van der Waals surface area contributed by atoms with Gasteiger partial charge in [-0.3, -0.25) is 0 Å². The molecule has 0 atom stereocenters. The fraction of sp³-hybridized carbons (Fsp3) is 0.400. The molecular weight excluding hydrogens is 263 g/mol. The maximum Gasteiger partial charge on any atom is 0.240 e. The van der Waals surface area contributed by atoms with Crippen LogP contribution in [0.1, 0.15) is 0 Å². The Kier molecular flexibility index (Phi) is 5.48. The van der Waals surface area contributed by atoms with Crippen molar-refractivity contribution in [2.24, 2.45) is 0 Å². The van der Waals surface area contributed by atoms with E-state index in [2.05, 4.69) is 4.72 Å². The second kappa shape index (κ2) is 6.64. The second-order valence-electron chi connectivity index (χ2n) is 3.42. The van der Waals surface area contributed by atoms with Crippen LogP contribution in [0.15, 0.2) is 23.1 Å². The Bertz CT molecular complexity index is 493. The largest absolute Gasteiger partial charge is 0.396 e. The highest BCUT2D eigenvalue weighted by Gasteiger charge is 2.14. The minimum atomic E-state index is -3.77. The van der Waals surface area contributed by atoms with Crippen LogP contribution in [0, 0.1) is 5.82 Å². The molecule has 0 aromatic heterocycles. The van der Waals surface area contributed by atoms with Gasteiger partial charge in [-0.25, -0.2) is 17.5 Å². The number of aliphatic hydroxyl groups excluding tert-OH is 1. The van der Waals surface area contributed by atoms with E-state index in [1.54, 1.807) is 0 Å². The van der Waals surface area contributed by atoms with Crippen molar-refractivity contribution in [3.05, 3.63) is 24.0 Å². The second-order valence-corrected chi connectivity index (χ2v) is 5.18. The Morgan fingerprint density at radius 1 is 1.39 bits per heavy atom. The van der Waals surface area contributed by atoms with E-state index in [0.717, 1.165) is 6.07 Å². The van der Waals surface area contributed by atoms with Crippen LogP contribution in [0.3, 0.4) is 0 Å². The van der Waals surface area contributed by atoms with Crippen LogP contribution in [0.5, 0.6) is 0 Å². The van der Waals surface area contributed by atoms with Crippen LogP contribution < -0.4 is 10.5 Å². The maximum absolute atomic E-state index is 13.1. The lowest BCUT2D eigenvalue weighted by molar-refractivity contribution is 0.0961. The van der Waals surface area contributed by atoms with Crippen molar-refractivity contribution in [1.29, 1.82) is 0 Å². The molecule has 0 aliphatic heterocycles. The van der Waals surface area contributed by atoms with Crippen LogP contribution in [-0.4, -0.2) is 39.9 Å². The molecule has 0 radical (unpaired) electrons. The van der Waals surface area contributed by atoms with E-state index in [4.69, 9.17) is 15.6 Å². The van der Waals surface area contributed by atoms with Gasteiger partial charge in [-0.1, -0.05) is 0 Å². The van der Waals surface area contributed by atoms with Gasteiger partial charge < -0.3 is 15.6 Å². The number of rotatable bonds is 7. The van der Waals surface area contributed by atoms with E-state index in [-0.39, 0.29) is 36.9 Å². The van der Waals surface area contributed by atoms with Gasteiger partial charge in [0.1, 0.15) is 5.82 Å². The average Bonchev–Trinajstić information content (AvgIpc) is 2.32. The number of anilines is 1. The third-order valence-corrected chi connectivity index (χ3v) is 3.52. The van der Waals surface area contributed by atoms with Crippen LogP contribution in [0.4, 0.5) is 10.1 Å². The van der Waals surface area contributed by atoms with E-state index in [1.165, 1.54) is 12.1 Å². The Labute approximate surface area is 105 Å². The molecule has 1 rings (SSSR count). The molecule has 4 N–H and O–H groups in total. The molecule has 0 aliphatic carbocycles. The van der Waals surface area contributed by atoms with Gasteiger partial charge in [0.05, 0.1) is 30.4 Å². The lowest BCUT2D eigenvalue weighted by Crippen LogP contribution is -2.27. The lowest BCUT2D eigenvalue weighted by atomic mass is 10.3. The number of benzene rings is 1. The van der Waals surface area contributed by atoms with Crippen molar-refractivity contribution in [2.75, 3.05) is 32.1 Å². The topological polar surface area (TPSA) is 102 Å². The van der Waals surface area contributed by atoms with Crippen LogP contribution >= 0.6 is 0 Å². The van der Waals surface area contributed by atoms with Gasteiger partial charge in [0.2, 0.25) is 10.0 Å². The zero-order valence-corrected chi connectivity index (χ0v) is 10.4. The number of aliphatic hydroxyl groups is 1. The summed E-state index contributed by atoms with van der Waals surface area (Å²) in [6.45, 7) is 0.166. The third-order valence-electron chi connectivity index (χ3n) is 2.06. The smallest absolute Gasteiger partial charge is 0.240 e. The third kappa shape index (κ3) is 4.22. The lowest BCUT2D eigenvalue weighted by Gasteiger charge is -2.07. The predicted molar refractivity (Wildman–Crippen MR) is 63.9 cm³/mol. The summed E-state index contributed by atoms with van der Waals surface area (Å²) in [5, 5.41) is 8.44. The first-order valence-electron chi connectivity index (χ1n) is 5.20. The highest BCUT2D eigenvalue weighted by molar-refractivity contribution is 7.89. The van der Waals surface area contributed by atoms with Crippen molar-refractivity contribution in [1.82, 2.24) is 4.72 Å². The van der Waals surface area contributed by atoms with Crippen molar-refractivity contribution in [3.8, 4) is 0 Å². The quantitative estimate of drug-likeness (QED) is 0.469. The van der Waals surface area contributed by atoms with Crippen LogP contribution in [0.25, 0.3) is 0 Å². The van der Waals surface area contributed by atoms with Gasteiger partial charge in [-0.05, 0) is 18.2 Å². The number of halogens is 1. The molecule has 1 aromatic carbocycles. The molecule has 0 amide bonds. The summed E-state index contributed by atoms with van der Waals surface area (Å²) >= 11 is 0. The van der Waals surface area contributed by atoms with Crippen LogP contribution in [-0.2, 0) is 14.8 Å². The zero-order valence-electron chi connectivity index (χ0n) is 9.60. The molecule has 0 unspecified atom stereocenters. The number of nitrogens with two attached hydrogens (primary N) is 1. The first-order chi connectivity index (χ1) is 8.47. The normalized spacial score (nSPS) is 11.7. The van der Waals surface area contributed by atoms with E-state index in [9.17, 15) is 12.8 Å². The van der Waals surface area contributed by atoms with Crippen molar-refractivity contribution in [2.45, 2.75) is 4.90 Å². The summed E-state index contributed by atoms with van der Waals surface area (Å²) < 4.78 is 43.7. The molecule has 1 aromatic rings. The number of nitrogen functional groups attached to an aromatic ring is 1. The monoisotopic (exact) mass is 278 g/mol. The van der Waals surface area contributed by atoms with Gasteiger partial charge in [-0.2, -0.15) is 0 Å². The fourth-order valence-corrected chi connectivity index (χ4v) is 2.20. The average molecular weight is 278 g/mol. The van der Waals surface area contributed by atoms with Gasteiger partial charge in [0.15, 0.2) is 0 Å². The Hall–Kier alpha value is -1.22. The minimum Gasteiger partial charge on any atom is -0.396 e. The predicted octanol–water partition coefficient (Wildman–Crippen LogP) is -0.305. The number of hydrogen-bond donors (Lipinski definition) is 3. The first-order valence-corrected chi connectivity index (χ1v) is 6.69. The highest BCUT2D eigenvalue weighted by Crippen LogP contribution is 2.15. The summed E-state index contributed by atoms with van der Waals surface area (Å²) in [5.74, 6) is -0.783. The minimum absolute atomic E-state index is 0.0360. The standard InChI is InChI=1S/C10H15FN2O4S/c11-9-7-8(1-2-10(9)12)18(15,16)13-3-5-17-6-4-14/h1-2,7,13-14H,3-6,12H2. The molecule has 0 bridgehead atoms. The number of ether oxygens (including phenoxy) is 1. The summed E-state index contributed by atoms with van der Waals surface area (Å²) in [7, 11) is -3.77. The fourth-order valence-electron chi connectivity index (χ4n) is 1.17. The molecule has 0 saturated heterocycles. The van der Waals surface area contributed by atoms with Gasteiger partial charge in [0, 0.05) is 6.54 Å². The molecule has 0 fully saturated rings. The molecule has 0 saturated carbocycles. The number of hydrogen-bond acceptors (Lipinski definition) is 5.